The summed E-state index contributed by atoms with van der Waals surface area (Å²) in [5.41, 5.74) is 2.92. The molecule has 1 aliphatic rings. The largest absolute Gasteiger partial charge is 0.492 e. The topological polar surface area (TPSA) is 103 Å². The number of alkyl halides is 3. The zero-order chi connectivity index (χ0) is 32.2. The predicted octanol–water partition coefficient (Wildman–Crippen LogP) is 6.47. The highest BCUT2D eigenvalue weighted by Crippen LogP contribution is 2.35. The Morgan fingerprint density at radius 1 is 1.04 bits per heavy atom. The minimum absolute atomic E-state index is 0.0534. The lowest BCUT2D eigenvalue weighted by molar-refractivity contribution is -0.137. The van der Waals surface area contributed by atoms with Crippen molar-refractivity contribution in [3.05, 3.63) is 93.5 Å². The highest BCUT2D eigenvalue weighted by molar-refractivity contribution is 7.98. The molecule has 0 aromatic heterocycles. The summed E-state index contributed by atoms with van der Waals surface area (Å²) in [6.07, 6.45) is -0.0567. The number of nitrogens with one attached hydrogen (secondary N) is 2. The van der Waals surface area contributed by atoms with E-state index in [-0.39, 0.29) is 23.4 Å². The van der Waals surface area contributed by atoms with Crippen LogP contribution >= 0.6 is 23.4 Å². The van der Waals surface area contributed by atoms with Crippen LogP contribution in [0.15, 0.2) is 65.8 Å². The molecule has 0 atom stereocenters. The van der Waals surface area contributed by atoms with E-state index in [2.05, 4.69) is 20.7 Å². The summed E-state index contributed by atoms with van der Waals surface area (Å²) in [6, 6.07) is 15.0. The quantitative estimate of drug-likeness (QED) is 0.110. The third-order valence-electron chi connectivity index (χ3n) is 6.98. The first-order chi connectivity index (χ1) is 21.6. The number of amides is 2. The van der Waals surface area contributed by atoms with Crippen molar-refractivity contribution in [2.24, 2.45) is 5.10 Å². The Morgan fingerprint density at radius 3 is 2.60 bits per heavy atom. The van der Waals surface area contributed by atoms with E-state index in [0.29, 0.717) is 29.4 Å². The number of halogens is 4. The van der Waals surface area contributed by atoms with Crippen molar-refractivity contribution >= 4 is 47.1 Å². The van der Waals surface area contributed by atoms with Crippen LogP contribution in [0.2, 0.25) is 5.02 Å². The zero-order valence-corrected chi connectivity index (χ0v) is 26.0. The summed E-state index contributed by atoms with van der Waals surface area (Å²) in [4.78, 5) is 28.8. The number of aliphatic hydroxyl groups is 1. The van der Waals surface area contributed by atoms with Crippen LogP contribution in [0.5, 0.6) is 5.75 Å². The second kappa shape index (κ2) is 16.6. The molecule has 0 aliphatic carbocycles. The van der Waals surface area contributed by atoms with Gasteiger partial charge in [0.25, 0.3) is 11.8 Å². The Labute approximate surface area is 269 Å². The van der Waals surface area contributed by atoms with E-state index in [4.69, 9.17) is 21.4 Å². The molecule has 3 aromatic carbocycles. The Balaban J connectivity index is 1.51. The third kappa shape index (κ3) is 10.5. The molecule has 0 radical (unpaired) electrons. The van der Waals surface area contributed by atoms with Crippen molar-refractivity contribution in [3.63, 3.8) is 0 Å². The lowest BCUT2D eigenvalue weighted by Crippen LogP contribution is -2.33. The van der Waals surface area contributed by atoms with Gasteiger partial charge in [-0.05, 0) is 79.5 Å². The van der Waals surface area contributed by atoms with Gasteiger partial charge in [-0.1, -0.05) is 36.2 Å². The van der Waals surface area contributed by atoms with E-state index in [9.17, 15) is 22.8 Å². The van der Waals surface area contributed by atoms with Crippen LogP contribution in [-0.2, 0) is 11.9 Å². The van der Waals surface area contributed by atoms with Gasteiger partial charge < -0.3 is 15.2 Å². The molecule has 13 heteroatoms. The van der Waals surface area contributed by atoms with Crippen LogP contribution < -0.4 is 15.5 Å². The number of carbonyl (C=O) groups excluding carboxylic acids is 2. The molecule has 240 valence electrons. The van der Waals surface area contributed by atoms with Crippen molar-refractivity contribution < 1.29 is 32.6 Å². The molecule has 8 nitrogen and oxygen atoms in total. The highest BCUT2D eigenvalue weighted by Gasteiger charge is 2.33. The molecular formula is C32H34ClF3N4O4S. The predicted molar refractivity (Wildman–Crippen MR) is 171 cm³/mol. The summed E-state index contributed by atoms with van der Waals surface area (Å²) in [7, 11) is 0. The molecule has 4 rings (SSSR count). The van der Waals surface area contributed by atoms with E-state index in [0.717, 1.165) is 56.4 Å². The average Bonchev–Trinajstić information content (AvgIpc) is 3.02. The second-order valence-electron chi connectivity index (χ2n) is 10.3. The lowest BCUT2D eigenvalue weighted by Gasteiger charge is -2.26. The number of ether oxygens (including phenoxy) is 1. The van der Waals surface area contributed by atoms with Gasteiger partial charge in [-0.25, -0.2) is 5.43 Å². The van der Waals surface area contributed by atoms with E-state index in [1.165, 1.54) is 30.3 Å². The van der Waals surface area contributed by atoms with Gasteiger partial charge in [0.1, 0.15) is 12.4 Å². The Bertz CT molecular complexity index is 1500. The van der Waals surface area contributed by atoms with Gasteiger partial charge in [0, 0.05) is 23.6 Å². The molecular weight excluding hydrogens is 629 g/mol. The van der Waals surface area contributed by atoms with Gasteiger partial charge in [0.05, 0.1) is 34.7 Å². The summed E-state index contributed by atoms with van der Waals surface area (Å²) in [5, 5.41) is 15.2. The van der Waals surface area contributed by atoms with E-state index in [1.807, 2.05) is 6.07 Å². The Kier molecular flexibility index (Phi) is 12.7. The van der Waals surface area contributed by atoms with Gasteiger partial charge in [0.2, 0.25) is 0 Å². The zero-order valence-electron chi connectivity index (χ0n) is 24.4. The number of nitrogens with zero attached hydrogens (tertiary/aromatic N) is 2. The van der Waals surface area contributed by atoms with E-state index < -0.39 is 28.6 Å². The standard InChI is InChI=1S/C32H34ClF3N4O4S/c33-28-9-7-22(18-27(28)32(34,35)36)20-37-39-31(43)26-19-25(44-15-13-40-11-2-1-3-12-40)8-10-29(26)38-30(42)24-6-4-5-23(17-24)21-45-16-14-41/h4-10,17-20,41H,1-3,11-16,21H2,(H,38,42)(H,39,43)/b37-20+. The molecule has 0 unspecified atom stereocenters. The fraction of sp³-hybridized carbons (Fsp3) is 0.344. The van der Waals surface area contributed by atoms with Gasteiger partial charge in [-0.3, -0.25) is 14.5 Å². The first-order valence-electron chi connectivity index (χ1n) is 14.4. The number of carbonyl (C=O) groups is 2. The van der Waals surface area contributed by atoms with Crippen molar-refractivity contribution in [2.75, 3.05) is 43.9 Å². The summed E-state index contributed by atoms with van der Waals surface area (Å²) in [6.45, 7) is 3.23. The number of aliphatic hydroxyl groups excluding tert-OH is 1. The Morgan fingerprint density at radius 2 is 1.84 bits per heavy atom. The maximum absolute atomic E-state index is 13.3. The second-order valence-corrected chi connectivity index (χ2v) is 11.8. The van der Waals surface area contributed by atoms with Crippen molar-refractivity contribution in [1.29, 1.82) is 0 Å². The van der Waals surface area contributed by atoms with Crippen LogP contribution in [0.25, 0.3) is 0 Å². The lowest BCUT2D eigenvalue weighted by atomic mass is 10.1. The smallest absolute Gasteiger partial charge is 0.417 e. The fourth-order valence-corrected chi connectivity index (χ4v) is 5.62. The number of benzene rings is 3. The monoisotopic (exact) mass is 662 g/mol. The number of likely N-dealkylation sites (tertiary alicyclic amines) is 1. The van der Waals surface area contributed by atoms with E-state index in [1.54, 1.807) is 30.3 Å². The summed E-state index contributed by atoms with van der Waals surface area (Å²) >= 11 is 7.22. The van der Waals surface area contributed by atoms with Gasteiger partial charge >= 0.3 is 6.18 Å². The molecule has 1 fully saturated rings. The van der Waals surface area contributed by atoms with Crippen molar-refractivity contribution in [3.8, 4) is 5.75 Å². The number of piperidine rings is 1. The molecule has 0 bridgehead atoms. The van der Waals surface area contributed by atoms with Gasteiger partial charge in [0.15, 0.2) is 0 Å². The first-order valence-corrected chi connectivity index (χ1v) is 16.0. The number of rotatable bonds is 13. The first kappa shape index (κ1) is 34.3. The third-order valence-corrected chi connectivity index (χ3v) is 8.32. The summed E-state index contributed by atoms with van der Waals surface area (Å²) < 4.78 is 45.6. The molecule has 45 heavy (non-hydrogen) atoms. The number of hydrogen-bond acceptors (Lipinski definition) is 7. The van der Waals surface area contributed by atoms with Crippen LogP contribution in [0.4, 0.5) is 18.9 Å². The molecule has 3 aromatic rings. The fourth-order valence-electron chi connectivity index (χ4n) is 4.70. The van der Waals surface area contributed by atoms with Crippen LogP contribution in [0.3, 0.4) is 0 Å². The molecule has 2 amide bonds. The maximum atomic E-state index is 13.3. The normalized spacial score (nSPS) is 14.0. The maximum Gasteiger partial charge on any atom is 0.417 e. The van der Waals surface area contributed by atoms with Crippen LogP contribution in [-0.4, -0.2) is 66.6 Å². The minimum atomic E-state index is -4.65. The SMILES string of the molecule is O=C(Nc1ccc(OCCN2CCCCC2)cc1C(=O)N/N=C/c1ccc(Cl)c(C(F)(F)F)c1)c1cccc(CSCCO)c1. The van der Waals surface area contributed by atoms with Crippen molar-refractivity contribution in [2.45, 2.75) is 31.2 Å². The van der Waals surface area contributed by atoms with Gasteiger partial charge in [-0.2, -0.15) is 30.0 Å². The minimum Gasteiger partial charge on any atom is -0.492 e. The number of thioether (sulfide) groups is 1. The summed E-state index contributed by atoms with van der Waals surface area (Å²) in [5.74, 6) is 0.457. The highest BCUT2D eigenvalue weighted by atomic mass is 35.5. The number of hydrazone groups is 1. The molecule has 0 spiro atoms. The van der Waals surface area contributed by atoms with Crippen molar-refractivity contribution in [1.82, 2.24) is 10.3 Å². The molecule has 1 aliphatic heterocycles. The number of hydrogen-bond donors (Lipinski definition) is 3. The van der Waals surface area contributed by atoms with Crippen LogP contribution in [0, 0.1) is 0 Å². The van der Waals surface area contributed by atoms with E-state index >= 15 is 0 Å². The van der Waals surface area contributed by atoms with Crippen LogP contribution in [0.1, 0.15) is 56.7 Å². The number of anilines is 1. The average molecular weight is 663 g/mol. The molecule has 1 heterocycles. The molecule has 0 saturated carbocycles. The van der Waals surface area contributed by atoms with Gasteiger partial charge in [-0.15, -0.1) is 0 Å². The molecule has 3 N–H and O–H groups in total. The molecule has 1 saturated heterocycles. The Hall–Kier alpha value is -3.58.